The molecule has 0 bridgehead atoms. The summed E-state index contributed by atoms with van der Waals surface area (Å²) in [7, 11) is 0. The summed E-state index contributed by atoms with van der Waals surface area (Å²) in [5, 5.41) is 2.48. The second-order valence-corrected chi connectivity index (χ2v) is 5.27. The molecule has 2 aromatic carbocycles. The number of carbonyl (C=O) groups is 1. The molecule has 2 rings (SSSR count). The molecule has 1 N–H and O–H groups in total. The third kappa shape index (κ3) is 4.25. The van der Waals surface area contributed by atoms with Gasteiger partial charge in [0.05, 0.1) is 0 Å². The summed E-state index contributed by atoms with van der Waals surface area (Å²) in [5.41, 5.74) is 2.33. The first-order valence-electron chi connectivity index (χ1n) is 7.00. The molecular formula is C18H17F2NO. The van der Waals surface area contributed by atoms with Crippen LogP contribution in [0, 0.1) is 11.6 Å². The maximum Gasteiger partial charge on any atom is 0.248 e. The van der Waals surface area contributed by atoms with Crippen molar-refractivity contribution in [1.29, 1.82) is 0 Å². The quantitative estimate of drug-likeness (QED) is 0.812. The van der Waals surface area contributed by atoms with Crippen LogP contribution in [0.5, 0.6) is 0 Å². The molecule has 0 aliphatic rings. The summed E-state index contributed by atoms with van der Waals surface area (Å²) in [6.07, 6.45) is 3.02. The number of amides is 1. The number of nitrogens with one attached hydrogen (secondary N) is 1. The van der Waals surface area contributed by atoms with Crippen molar-refractivity contribution in [3.8, 4) is 0 Å². The molecule has 0 saturated carbocycles. The highest BCUT2D eigenvalue weighted by atomic mass is 19.2. The molecule has 2 aromatic rings. The van der Waals surface area contributed by atoms with Gasteiger partial charge in [-0.25, -0.2) is 8.78 Å². The number of anilines is 1. The van der Waals surface area contributed by atoms with E-state index in [1.54, 1.807) is 6.08 Å². The molecule has 0 heterocycles. The molecule has 0 aliphatic carbocycles. The lowest BCUT2D eigenvalue weighted by molar-refractivity contribution is -0.111. The summed E-state index contributed by atoms with van der Waals surface area (Å²) >= 11 is 0. The first-order valence-corrected chi connectivity index (χ1v) is 7.00. The largest absolute Gasteiger partial charge is 0.322 e. The van der Waals surface area contributed by atoms with E-state index in [1.807, 2.05) is 24.3 Å². The Morgan fingerprint density at radius 1 is 1.05 bits per heavy atom. The molecule has 2 nitrogen and oxygen atoms in total. The van der Waals surface area contributed by atoms with E-state index in [9.17, 15) is 13.6 Å². The standard InChI is InChI=1S/C18H17F2NO/c1-12(2)14-6-3-13(4-7-14)5-10-18(22)21-15-8-9-16(19)17(20)11-15/h3-12H,1-2H3,(H,21,22). The van der Waals surface area contributed by atoms with E-state index in [0.29, 0.717) is 5.92 Å². The monoisotopic (exact) mass is 301 g/mol. The molecule has 0 aliphatic heterocycles. The molecule has 0 radical (unpaired) electrons. The molecule has 0 atom stereocenters. The molecule has 0 aromatic heterocycles. The van der Waals surface area contributed by atoms with Crippen LogP contribution in [-0.4, -0.2) is 5.91 Å². The van der Waals surface area contributed by atoms with E-state index in [2.05, 4.69) is 19.2 Å². The van der Waals surface area contributed by atoms with Gasteiger partial charge in [-0.1, -0.05) is 38.1 Å². The Balaban J connectivity index is 2.00. The second kappa shape index (κ2) is 6.98. The Bertz CT molecular complexity index is 691. The lowest BCUT2D eigenvalue weighted by Gasteiger charge is -2.05. The van der Waals surface area contributed by atoms with Gasteiger partial charge in [-0.3, -0.25) is 4.79 Å². The van der Waals surface area contributed by atoms with Crippen LogP contribution in [0.1, 0.15) is 30.9 Å². The maximum atomic E-state index is 13.0. The van der Waals surface area contributed by atoms with Crippen molar-refractivity contribution in [2.45, 2.75) is 19.8 Å². The molecule has 22 heavy (non-hydrogen) atoms. The van der Waals surface area contributed by atoms with E-state index in [1.165, 1.54) is 17.7 Å². The van der Waals surface area contributed by atoms with E-state index < -0.39 is 17.5 Å². The number of rotatable bonds is 4. The third-order valence-corrected chi connectivity index (χ3v) is 3.22. The summed E-state index contributed by atoms with van der Waals surface area (Å²) in [4.78, 5) is 11.7. The van der Waals surface area contributed by atoms with Gasteiger partial charge in [0.25, 0.3) is 0 Å². The van der Waals surface area contributed by atoms with Crippen LogP contribution in [0.3, 0.4) is 0 Å². The van der Waals surface area contributed by atoms with Gasteiger partial charge in [0.15, 0.2) is 11.6 Å². The minimum absolute atomic E-state index is 0.212. The predicted molar refractivity (Wildman–Crippen MR) is 84.6 cm³/mol. The van der Waals surface area contributed by atoms with Crippen LogP contribution in [0.4, 0.5) is 14.5 Å². The average molecular weight is 301 g/mol. The summed E-state index contributed by atoms with van der Waals surface area (Å²) in [6, 6.07) is 11.1. The SMILES string of the molecule is CC(C)c1ccc(C=CC(=O)Nc2ccc(F)c(F)c2)cc1. The van der Waals surface area contributed by atoms with Gasteiger partial charge < -0.3 is 5.32 Å². The Labute approximate surface area is 128 Å². The fraction of sp³-hybridized carbons (Fsp3) is 0.167. The van der Waals surface area contributed by atoms with Gasteiger partial charge in [0.2, 0.25) is 5.91 Å². The van der Waals surface area contributed by atoms with E-state index in [-0.39, 0.29) is 5.69 Å². The van der Waals surface area contributed by atoms with Crippen molar-refractivity contribution in [1.82, 2.24) is 0 Å². The van der Waals surface area contributed by atoms with Crippen molar-refractivity contribution in [3.05, 3.63) is 71.3 Å². The van der Waals surface area contributed by atoms with Crippen LogP contribution < -0.4 is 5.32 Å². The van der Waals surface area contributed by atoms with Gasteiger partial charge in [-0.15, -0.1) is 0 Å². The highest BCUT2D eigenvalue weighted by Gasteiger charge is 2.04. The molecule has 0 fully saturated rings. The minimum Gasteiger partial charge on any atom is -0.322 e. The van der Waals surface area contributed by atoms with Crippen LogP contribution in [-0.2, 0) is 4.79 Å². The Hall–Kier alpha value is -2.49. The fourth-order valence-electron chi connectivity index (χ4n) is 1.92. The number of benzene rings is 2. The summed E-state index contributed by atoms with van der Waals surface area (Å²) in [6.45, 7) is 4.22. The number of hydrogen-bond donors (Lipinski definition) is 1. The molecular weight excluding hydrogens is 284 g/mol. The Kier molecular flexibility index (Phi) is 5.04. The van der Waals surface area contributed by atoms with E-state index in [0.717, 1.165) is 17.7 Å². The van der Waals surface area contributed by atoms with Crippen molar-refractivity contribution >= 4 is 17.7 Å². The maximum absolute atomic E-state index is 13.0. The van der Waals surface area contributed by atoms with Crippen LogP contribution in [0.2, 0.25) is 0 Å². The smallest absolute Gasteiger partial charge is 0.248 e. The fourth-order valence-corrected chi connectivity index (χ4v) is 1.92. The Morgan fingerprint density at radius 3 is 2.32 bits per heavy atom. The highest BCUT2D eigenvalue weighted by molar-refractivity contribution is 6.01. The van der Waals surface area contributed by atoms with Gasteiger partial charge in [-0.05, 0) is 35.3 Å². The van der Waals surface area contributed by atoms with E-state index in [4.69, 9.17) is 0 Å². The second-order valence-electron chi connectivity index (χ2n) is 5.27. The van der Waals surface area contributed by atoms with Crippen LogP contribution in [0.25, 0.3) is 6.08 Å². The zero-order valence-corrected chi connectivity index (χ0v) is 12.4. The van der Waals surface area contributed by atoms with Gasteiger partial charge >= 0.3 is 0 Å². The third-order valence-electron chi connectivity index (χ3n) is 3.22. The predicted octanol–water partition coefficient (Wildman–Crippen LogP) is 4.74. The zero-order chi connectivity index (χ0) is 16.1. The number of carbonyl (C=O) groups excluding carboxylic acids is 1. The topological polar surface area (TPSA) is 29.1 Å². The Morgan fingerprint density at radius 2 is 1.73 bits per heavy atom. The molecule has 0 saturated heterocycles. The average Bonchev–Trinajstić information content (AvgIpc) is 2.49. The molecule has 4 heteroatoms. The lowest BCUT2D eigenvalue weighted by Crippen LogP contribution is -2.08. The number of halogens is 2. The minimum atomic E-state index is -0.994. The normalized spacial score (nSPS) is 11.1. The first-order chi connectivity index (χ1) is 10.5. The van der Waals surface area contributed by atoms with Crippen LogP contribution in [0.15, 0.2) is 48.5 Å². The van der Waals surface area contributed by atoms with Crippen molar-refractivity contribution < 1.29 is 13.6 Å². The van der Waals surface area contributed by atoms with Crippen LogP contribution >= 0.6 is 0 Å². The van der Waals surface area contributed by atoms with Gasteiger partial charge in [0, 0.05) is 17.8 Å². The molecule has 0 spiro atoms. The zero-order valence-electron chi connectivity index (χ0n) is 12.4. The molecule has 0 unspecified atom stereocenters. The molecule has 114 valence electrons. The number of hydrogen-bond acceptors (Lipinski definition) is 1. The first kappa shape index (κ1) is 15.9. The lowest BCUT2D eigenvalue weighted by atomic mass is 10.0. The highest BCUT2D eigenvalue weighted by Crippen LogP contribution is 2.16. The molecule has 1 amide bonds. The van der Waals surface area contributed by atoms with Crippen molar-refractivity contribution in [2.24, 2.45) is 0 Å². The van der Waals surface area contributed by atoms with E-state index >= 15 is 0 Å². The van der Waals surface area contributed by atoms with Gasteiger partial charge in [0.1, 0.15) is 0 Å². The van der Waals surface area contributed by atoms with Crippen molar-refractivity contribution in [2.75, 3.05) is 5.32 Å². The summed E-state index contributed by atoms with van der Waals surface area (Å²) < 4.78 is 25.8. The summed E-state index contributed by atoms with van der Waals surface area (Å²) in [5.74, 6) is -1.89. The van der Waals surface area contributed by atoms with Gasteiger partial charge in [-0.2, -0.15) is 0 Å². The van der Waals surface area contributed by atoms with Crippen molar-refractivity contribution in [3.63, 3.8) is 0 Å².